The second kappa shape index (κ2) is 13.2. The molecule has 0 heterocycles. The summed E-state index contributed by atoms with van der Waals surface area (Å²) in [6.45, 7) is -0.128. The number of ether oxygens (including phenoxy) is 1. The molecule has 0 bridgehead atoms. The molecule has 1 fully saturated rings. The second-order valence-corrected chi connectivity index (χ2v) is 10.5. The molecule has 2 amide bonds. The molecule has 0 saturated heterocycles. The van der Waals surface area contributed by atoms with E-state index in [2.05, 4.69) is 5.32 Å². The van der Waals surface area contributed by atoms with E-state index in [0.717, 1.165) is 31.2 Å². The normalized spacial score (nSPS) is 14.2. The SMILES string of the molecule is O=C(NC1CCCC1)[C@@H](Cc1ccccc1)N(Cc1ccc(Cl)cc1Cl)C(=O)COc1cccc(Cl)c1. The molecule has 1 saturated carbocycles. The number of amides is 2. The Morgan fingerprint density at radius 3 is 2.35 bits per heavy atom. The maximum absolute atomic E-state index is 13.7. The first-order valence-electron chi connectivity index (χ1n) is 12.3. The van der Waals surface area contributed by atoms with Crippen molar-refractivity contribution in [3.05, 3.63) is 99.0 Å². The zero-order chi connectivity index (χ0) is 26.2. The van der Waals surface area contributed by atoms with E-state index < -0.39 is 6.04 Å². The first-order valence-corrected chi connectivity index (χ1v) is 13.5. The van der Waals surface area contributed by atoms with Crippen molar-refractivity contribution >= 4 is 46.6 Å². The average Bonchev–Trinajstić information content (AvgIpc) is 3.39. The predicted octanol–water partition coefficient (Wildman–Crippen LogP) is 6.72. The van der Waals surface area contributed by atoms with E-state index in [9.17, 15) is 9.59 Å². The number of carbonyl (C=O) groups excluding carboxylic acids is 2. The van der Waals surface area contributed by atoms with E-state index in [1.165, 1.54) is 0 Å². The van der Waals surface area contributed by atoms with Gasteiger partial charge in [-0.15, -0.1) is 0 Å². The predicted molar refractivity (Wildman–Crippen MR) is 148 cm³/mol. The van der Waals surface area contributed by atoms with Crippen LogP contribution in [0.25, 0.3) is 0 Å². The van der Waals surface area contributed by atoms with Gasteiger partial charge in [0.2, 0.25) is 5.91 Å². The first kappa shape index (κ1) is 27.3. The highest BCUT2D eigenvalue weighted by molar-refractivity contribution is 6.35. The first-order chi connectivity index (χ1) is 17.9. The Morgan fingerprint density at radius 1 is 0.919 bits per heavy atom. The topological polar surface area (TPSA) is 58.6 Å². The Kier molecular flexibility index (Phi) is 9.73. The third-order valence-electron chi connectivity index (χ3n) is 6.49. The number of hydrogen-bond acceptors (Lipinski definition) is 3. The van der Waals surface area contributed by atoms with Gasteiger partial charge in [0.25, 0.3) is 5.91 Å². The molecule has 194 valence electrons. The van der Waals surface area contributed by atoms with E-state index in [0.29, 0.717) is 32.8 Å². The summed E-state index contributed by atoms with van der Waals surface area (Å²) in [5, 5.41) is 4.61. The lowest BCUT2D eigenvalue weighted by Crippen LogP contribution is -2.53. The molecule has 0 spiro atoms. The Hall–Kier alpha value is -2.73. The highest BCUT2D eigenvalue weighted by Gasteiger charge is 2.32. The van der Waals surface area contributed by atoms with E-state index in [-0.39, 0.29) is 31.0 Å². The molecular formula is C29H29Cl3N2O3. The lowest BCUT2D eigenvalue weighted by molar-refractivity contribution is -0.143. The molecule has 0 aliphatic heterocycles. The summed E-state index contributed by atoms with van der Waals surface area (Å²) in [7, 11) is 0. The van der Waals surface area contributed by atoms with Gasteiger partial charge in [0, 0.05) is 34.1 Å². The van der Waals surface area contributed by atoms with Crippen LogP contribution in [0.2, 0.25) is 15.1 Å². The van der Waals surface area contributed by atoms with Gasteiger partial charge in [-0.05, 0) is 54.3 Å². The Morgan fingerprint density at radius 2 is 1.65 bits per heavy atom. The van der Waals surface area contributed by atoms with E-state index >= 15 is 0 Å². The van der Waals surface area contributed by atoms with Crippen molar-refractivity contribution in [1.82, 2.24) is 10.2 Å². The van der Waals surface area contributed by atoms with Crippen molar-refractivity contribution in [2.75, 3.05) is 6.61 Å². The number of halogens is 3. The summed E-state index contributed by atoms with van der Waals surface area (Å²) >= 11 is 18.7. The molecule has 1 atom stereocenters. The van der Waals surface area contributed by atoms with Gasteiger partial charge in [0.1, 0.15) is 11.8 Å². The Bertz CT molecular complexity index is 1220. The van der Waals surface area contributed by atoms with Crippen molar-refractivity contribution < 1.29 is 14.3 Å². The largest absolute Gasteiger partial charge is 0.484 e. The highest BCUT2D eigenvalue weighted by Crippen LogP contribution is 2.25. The minimum absolute atomic E-state index is 0.115. The van der Waals surface area contributed by atoms with Gasteiger partial charge in [0.15, 0.2) is 6.61 Å². The zero-order valence-electron chi connectivity index (χ0n) is 20.3. The van der Waals surface area contributed by atoms with Crippen LogP contribution in [0.1, 0.15) is 36.8 Å². The number of nitrogens with one attached hydrogen (secondary N) is 1. The minimum atomic E-state index is -0.759. The van der Waals surface area contributed by atoms with Gasteiger partial charge < -0.3 is 15.0 Å². The van der Waals surface area contributed by atoms with Gasteiger partial charge in [0.05, 0.1) is 0 Å². The fourth-order valence-electron chi connectivity index (χ4n) is 4.54. The monoisotopic (exact) mass is 558 g/mol. The lowest BCUT2D eigenvalue weighted by atomic mass is 10.0. The third kappa shape index (κ3) is 7.88. The summed E-state index contributed by atoms with van der Waals surface area (Å²) in [6, 6.07) is 21.0. The molecule has 1 N–H and O–H groups in total. The maximum atomic E-state index is 13.7. The maximum Gasteiger partial charge on any atom is 0.261 e. The molecular weight excluding hydrogens is 531 g/mol. The van der Waals surface area contributed by atoms with Crippen LogP contribution in [0.3, 0.4) is 0 Å². The van der Waals surface area contributed by atoms with E-state index in [4.69, 9.17) is 39.5 Å². The molecule has 4 rings (SSSR count). The van der Waals surface area contributed by atoms with E-state index in [1.807, 2.05) is 30.3 Å². The summed E-state index contributed by atoms with van der Waals surface area (Å²) in [6.07, 6.45) is 4.42. The molecule has 37 heavy (non-hydrogen) atoms. The number of rotatable bonds is 10. The quantitative estimate of drug-likeness (QED) is 0.300. The van der Waals surface area contributed by atoms with Crippen LogP contribution >= 0.6 is 34.8 Å². The van der Waals surface area contributed by atoms with Crippen LogP contribution in [0.4, 0.5) is 0 Å². The molecule has 0 aromatic heterocycles. The van der Waals surface area contributed by atoms with Crippen LogP contribution in [0, 0.1) is 0 Å². The van der Waals surface area contributed by atoms with E-state index in [1.54, 1.807) is 47.4 Å². The van der Waals surface area contributed by atoms with Crippen molar-refractivity contribution in [2.24, 2.45) is 0 Å². The van der Waals surface area contributed by atoms with Crippen molar-refractivity contribution in [3.8, 4) is 5.75 Å². The van der Waals surface area contributed by atoms with Gasteiger partial charge >= 0.3 is 0 Å². The highest BCUT2D eigenvalue weighted by atomic mass is 35.5. The second-order valence-electron chi connectivity index (χ2n) is 9.20. The summed E-state index contributed by atoms with van der Waals surface area (Å²) in [5.74, 6) is -0.0502. The van der Waals surface area contributed by atoms with Gasteiger partial charge in [-0.2, -0.15) is 0 Å². The van der Waals surface area contributed by atoms with Gasteiger partial charge in [-0.25, -0.2) is 0 Å². The van der Waals surface area contributed by atoms with Gasteiger partial charge in [-0.3, -0.25) is 9.59 Å². The Balaban J connectivity index is 1.63. The number of benzene rings is 3. The molecule has 1 aliphatic carbocycles. The molecule has 3 aromatic carbocycles. The minimum Gasteiger partial charge on any atom is -0.484 e. The van der Waals surface area contributed by atoms with Crippen LogP contribution in [-0.2, 0) is 22.6 Å². The Labute approximate surface area is 232 Å². The molecule has 0 radical (unpaired) electrons. The molecule has 3 aromatic rings. The van der Waals surface area contributed by atoms with Crippen LogP contribution in [0.5, 0.6) is 5.75 Å². The average molecular weight is 560 g/mol. The molecule has 0 unspecified atom stereocenters. The summed E-state index contributed by atoms with van der Waals surface area (Å²) < 4.78 is 5.77. The molecule has 1 aliphatic rings. The summed E-state index contributed by atoms with van der Waals surface area (Å²) in [4.78, 5) is 28.9. The fraction of sp³-hybridized carbons (Fsp3) is 0.310. The molecule has 8 heteroatoms. The number of nitrogens with zero attached hydrogens (tertiary/aromatic N) is 1. The van der Waals surface area contributed by atoms with Crippen LogP contribution in [-0.4, -0.2) is 35.4 Å². The fourth-order valence-corrected chi connectivity index (χ4v) is 5.19. The lowest BCUT2D eigenvalue weighted by Gasteiger charge is -2.32. The van der Waals surface area contributed by atoms with Gasteiger partial charge in [-0.1, -0.05) is 90.1 Å². The van der Waals surface area contributed by atoms with Crippen LogP contribution < -0.4 is 10.1 Å². The number of carbonyl (C=O) groups is 2. The standard InChI is InChI=1S/C29H29Cl3N2O3/c30-22-9-6-12-25(16-22)37-19-28(35)34(18-21-13-14-23(31)17-26(21)32)27(15-20-7-2-1-3-8-20)29(36)33-24-10-4-5-11-24/h1-3,6-9,12-14,16-17,24,27H,4-5,10-11,15,18-19H2,(H,33,36)/t27-/m1/s1. The molecule has 5 nitrogen and oxygen atoms in total. The van der Waals surface area contributed by atoms with Crippen molar-refractivity contribution in [1.29, 1.82) is 0 Å². The van der Waals surface area contributed by atoms with Crippen molar-refractivity contribution in [3.63, 3.8) is 0 Å². The number of hydrogen-bond donors (Lipinski definition) is 1. The third-order valence-corrected chi connectivity index (χ3v) is 7.31. The van der Waals surface area contributed by atoms with Crippen LogP contribution in [0.15, 0.2) is 72.8 Å². The summed E-state index contributed by atoms with van der Waals surface area (Å²) in [5.41, 5.74) is 1.64. The smallest absolute Gasteiger partial charge is 0.261 e. The van der Waals surface area contributed by atoms with Crippen molar-refractivity contribution in [2.45, 2.75) is 50.7 Å². The zero-order valence-corrected chi connectivity index (χ0v) is 22.6.